The summed E-state index contributed by atoms with van der Waals surface area (Å²) in [4.78, 5) is 4.86. The van der Waals surface area contributed by atoms with Gasteiger partial charge < -0.3 is 15.5 Å². The van der Waals surface area contributed by atoms with Crippen LogP contribution in [-0.2, 0) is 6.42 Å². The molecule has 1 saturated heterocycles. The minimum atomic E-state index is 0.518. The molecule has 1 aliphatic heterocycles. The maximum absolute atomic E-state index is 6.35. The lowest BCUT2D eigenvalue weighted by Gasteiger charge is -2.30. The van der Waals surface area contributed by atoms with Crippen LogP contribution >= 0.6 is 11.6 Å². The highest BCUT2D eigenvalue weighted by atomic mass is 35.5. The largest absolute Gasteiger partial charge is 0.367 e. The van der Waals surface area contributed by atoms with E-state index in [1.807, 2.05) is 0 Å². The lowest BCUT2D eigenvalue weighted by Crippen LogP contribution is -2.37. The molecule has 0 amide bonds. The molecule has 1 unspecified atom stereocenters. The van der Waals surface area contributed by atoms with E-state index >= 15 is 0 Å². The van der Waals surface area contributed by atoms with Crippen LogP contribution in [0.15, 0.2) is 18.2 Å². The van der Waals surface area contributed by atoms with Gasteiger partial charge in [-0.25, -0.2) is 0 Å². The van der Waals surface area contributed by atoms with Gasteiger partial charge in [-0.1, -0.05) is 17.7 Å². The molecule has 0 bridgehead atoms. The van der Waals surface area contributed by atoms with E-state index in [-0.39, 0.29) is 0 Å². The molecule has 106 valence electrons. The molecule has 1 aromatic carbocycles. The Labute approximate surface area is 121 Å². The number of nitrogens with two attached hydrogens (primary N) is 1. The zero-order chi connectivity index (χ0) is 13.8. The second kappa shape index (κ2) is 6.60. The van der Waals surface area contributed by atoms with Crippen molar-refractivity contribution in [1.29, 1.82) is 0 Å². The smallest absolute Gasteiger partial charge is 0.0459 e. The first kappa shape index (κ1) is 14.6. The Balaban J connectivity index is 2.18. The van der Waals surface area contributed by atoms with Crippen molar-refractivity contribution in [3.05, 3.63) is 28.8 Å². The number of hydrogen-bond donors (Lipinski definition) is 1. The fourth-order valence-electron chi connectivity index (χ4n) is 2.83. The van der Waals surface area contributed by atoms with Gasteiger partial charge in [-0.05, 0) is 57.6 Å². The predicted molar refractivity (Wildman–Crippen MR) is 83.1 cm³/mol. The average molecular weight is 282 g/mol. The Morgan fingerprint density at radius 2 is 2.16 bits per heavy atom. The molecule has 2 N–H and O–H groups in total. The second-order valence-corrected chi connectivity index (χ2v) is 5.88. The quantitative estimate of drug-likeness (QED) is 0.923. The van der Waals surface area contributed by atoms with Crippen molar-refractivity contribution in [1.82, 2.24) is 4.90 Å². The van der Waals surface area contributed by atoms with Crippen molar-refractivity contribution < 1.29 is 0 Å². The zero-order valence-electron chi connectivity index (χ0n) is 11.9. The highest BCUT2D eigenvalue weighted by Crippen LogP contribution is 2.26. The van der Waals surface area contributed by atoms with Gasteiger partial charge in [-0.15, -0.1) is 0 Å². The summed E-state index contributed by atoms with van der Waals surface area (Å²) < 4.78 is 0. The van der Waals surface area contributed by atoms with Crippen molar-refractivity contribution in [2.45, 2.75) is 25.8 Å². The minimum Gasteiger partial charge on any atom is -0.367 e. The number of benzene rings is 1. The molecule has 0 aromatic heterocycles. The third kappa shape index (κ3) is 3.62. The van der Waals surface area contributed by atoms with Crippen LogP contribution in [0.5, 0.6) is 0 Å². The lowest BCUT2D eigenvalue weighted by atomic mass is 10.1. The number of hydrogen-bond acceptors (Lipinski definition) is 3. The summed E-state index contributed by atoms with van der Waals surface area (Å²) >= 11 is 6.35. The molecule has 1 fully saturated rings. The van der Waals surface area contributed by atoms with E-state index in [2.05, 4.69) is 42.0 Å². The van der Waals surface area contributed by atoms with Gasteiger partial charge in [0.1, 0.15) is 0 Å². The molecule has 1 aromatic rings. The SMILES string of the molecule is CC1CN(C)CCCN1c1ccc(CCN)c(Cl)c1. The van der Waals surface area contributed by atoms with Gasteiger partial charge in [0, 0.05) is 29.8 Å². The first-order valence-corrected chi connectivity index (χ1v) is 7.43. The summed E-state index contributed by atoms with van der Waals surface area (Å²) in [5.41, 5.74) is 7.97. The van der Waals surface area contributed by atoms with Crippen molar-refractivity contribution in [2.24, 2.45) is 5.73 Å². The van der Waals surface area contributed by atoms with Crippen molar-refractivity contribution >= 4 is 17.3 Å². The Bertz CT molecular complexity index is 422. The summed E-state index contributed by atoms with van der Waals surface area (Å²) in [6.45, 7) is 6.29. The van der Waals surface area contributed by atoms with Crippen LogP contribution in [0.4, 0.5) is 5.69 Å². The second-order valence-electron chi connectivity index (χ2n) is 5.47. The van der Waals surface area contributed by atoms with E-state index in [1.165, 1.54) is 18.7 Å². The molecular formula is C15H24ClN3. The number of anilines is 1. The lowest BCUT2D eigenvalue weighted by molar-refractivity contribution is 0.337. The van der Waals surface area contributed by atoms with Crippen LogP contribution in [0, 0.1) is 0 Å². The molecular weight excluding hydrogens is 258 g/mol. The van der Waals surface area contributed by atoms with Gasteiger partial charge in [0.15, 0.2) is 0 Å². The minimum absolute atomic E-state index is 0.518. The summed E-state index contributed by atoms with van der Waals surface area (Å²) in [7, 11) is 2.19. The van der Waals surface area contributed by atoms with Crippen LogP contribution < -0.4 is 10.6 Å². The summed E-state index contributed by atoms with van der Waals surface area (Å²) in [6, 6.07) is 6.91. The topological polar surface area (TPSA) is 32.5 Å². The third-order valence-electron chi connectivity index (χ3n) is 3.83. The average Bonchev–Trinajstić information content (AvgIpc) is 2.53. The van der Waals surface area contributed by atoms with Crippen LogP contribution in [0.3, 0.4) is 0 Å². The van der Waals surface area contributed by atoms with Gasteiger partial charge in [-0.3, -0.25) is 0 Å². The van der Waals surface area contributed by atoms with Crippen LogP contribution in [0.1, 0.15) is 18.9 Å². The monoisotopic (exact) mass is 281 g/mol. The van der Waals surface area contributed by atoms with Gasteiger partial charge >= 0.3 is 0 Å². The van der Waals surface area contributed by atoms with E-state index in [4.69, 9.17) is 17.3 Å². The number of rotatable bonds is 3. The van der Waals surface area contributed by atoms with Crippen molar-refractivity contribution in [3.63, 3.8) is 0 Å². The van der Waals surface area contributed by atoms with Crippen LogP contribution in [0.25, 0.3) is 0 Å². The molecule has 0 spiro atoms. The fraction of sp³-hybridized carbons (Fsp3) is 0.600. The Kier molecular flexibility index (Phi) is 5.08. The molecule has 1 atom stereocenters. The predicted octanol–water partition coefficient (Wildman–Crippen LogP) is 2.37. The molecule has 3 nitrogen and oxygen atoms in total. The summed E-state index contributed by atoms with van der Waals surface area (Å²) in [5, 5.41) is 0.841. The van der Waals surface area contributed by atoms with Gasteiger partial charge in [0.2, 0.25) is 0 Å². The van der Waals surface area contributed by atoms with Crippen LogP contribution in [-0.4, -0.2) is 44.2 Å². The van der Waals surface area contributed by atoms with Crippen molar-refractivity contribution in [2.75, 3.05) is 38.1 Å². The Morgan fingerprint density at radius 3 is 2.84 bits per heavy atom. The van der Waals surface area contributed by atoms with E-state index in [0.29, 0.717) is 12.6 Å². The molecule has 0 aliphatic carbocycles. The zero-order valence-corrected chi connectivity index (χ0v) is 12.7. The van der Waals surface area contributed by atoms with Crippen molar-refractivity contribution in [3.8, 4) is 0 Å². The standard InChI is InChI=1S/C15H24ClN3/c1-12-11-18(2)8-3-9-19(12)14-5-4-13(6-7-17)15(16)10-14/h4-5,10,12H,3,6-9,11,17H2,1-2H3. The molecule has 1 heterocycles. The van der Waals surface area contributed by atoms with E-state index in [0.717, 1.165) is 30.1 Å². The number of nitrogens with zero attached hydrogens (tertiary/aromatic N) is 2. The molecule has 2 rings (SSSR count). The first-order valence-electron chi connectivity index (χ1n) is 7.05. The highest BCUT2D eigenvalue weighted by molar-refractivity contribution is 6.31. The normalized spacial score (nSPS) is 21.5. The van der Waals surface area contributed by atoms with E-state index in [1.54, 1.807) is 0 Å². The molecule has 19 heavy (non-hydrogen) atoms. The third-order valence-corrected chi connectivity index (χ3v) is 4.18. The number of halogens is 1. The van der Waals surface area contributed by atoms with Gasteiger partial charge in [0.05, 0.1) is 0 Å². The summed E-state index contributed by atoms with van der Waals surface area (Å²) in [5.74, 6) is 0. The highest BCUT2D eigenvalue weighted by Gasteiger charge is 2.20. The van der Waals surface area contributed by atoms with Crippen LogP contribution in [0.2, 0.25) is 5.02 Å². The van der Waals surface area contributed by atoms with E-state index < -0.39 is 0 Å². The Hall–Kier alpha value is -0.770. The molecule has 1 aliphatic rings. The van der Waals surface area contributed by atoms with Gasteiger partial charge in [-0.2, -0.15) is 0 Å². The van der Waals surface area contributed by atoms with E-state index in [9.17, 15) is 0 Å². The first-order chi connectivity index (χ1) is 9.11. The maximum Gasteiger partial charge on any atom is 0.0459 e. The molecule has 0 radical (unpaired) electrons. The Morgan fingerprint density at radius 1 is 1.37 bits per heavy atom. The molecule has 4 heteroatoms. The maximum atomic E-state index is 6.35. The number of likely N-dealkylation sites (N-methyl/N-ethyl adjacent to an activating group) is 1. The molecule has 0 saturated carbocycles. The van der Waals surface area contributed by atoms with Gasteiger partial charge in [0.25, 0.3) is 0 Å². The summed E-state index contributed by atoms with van der Waals surface area (Å²) in [6.07, 6.45) is 2.04. The fourth-order valence-corrected chi connectivity index (χ4v) is 3.10.